The molecule has 1 aromatic heterocycles. The lowest BCUT2D eigenvalue weighted by Crippen LogP contribution is -2.74. The predicted molar refractivity (Wildman–Crippen MR) is 152 cm³/mol. The molecule has 15 heteroatoms. The van der Waals surface area contributed by atoms with Crippen LogP contribution in [0.25, 0.3) is 0 Å². The van der Waals surface area contributed by atoms with E-state index in [4.69, 9.17) is 17.3 Å². The molecule has 1 heterocycles. The normalized spacial score (nSPS) is 28.3. The summed E-state index contributed by atoms with van der Waals surface area (Å²) in [4.78, 5) is 82.9. The summed E-state index contributed by atoms with van der Waals surface area (Å²) in [7, 11) is 6.33. The fourth-order valence-corrected chi connectivity index (χ4v) is 7.41. The molecule has 2 fully saturated rings. The van der Waals surface area contributed by atoms with Crippen LogP contribution >= 0.6 is 11.6 Å². The molecule has 43 heavy (non-hydrogen) atoms. The number of aromatic nitrogens is 2. The van der Waals surface area contributed by atoms with E-state index in [1.165, 1.54) is 29.9 Å². The average Bonchev–Trinajstić information content (AvgIpc) is 3.41. The lowest BCUT2D eigenvalue weighted by atomic mass is 9.52. The van der Waals surface area contributed by atoms with Crippen LogP contribution in [0.4, 0.5) is 11.4 Å². The van der Waals surface area contributed by atoms with Gasteiger partial charge in [0.1, 0.15) is 12.2 Å². The van der Waals surface area contributed by atoms with Crippen LogP contribution in [-0.4, -0.2) is 99.7 Å². The lowest BCUT2D eigenvalue weighted by Gasteiger charge is -2.52. The van der Waals surface area contributed by atoms with Crippen LogP contribution in [0.15, 0.2) is 18.5 Å². The van der Waals surface area contributed by atoms with E-state index in [0.29, 0.717) is 11.3 Å². The van der Waals surface area contributed by atoms with Crippen molar-refractivity contribution >= 4 is 57.9 Å². The number of aliphatic hydroxyl groups is 1. The van der Waals surface area contributed by atoms with Crippen molar-refractivity contribution in [3.05, 3.63) is 34.6 Å². The summed E-state index contributed by atoms with van der Waals surface area (Å²) in [5, 5.41) is 29.5. The summed E-state index contributed by atoms with van der Waals surface area (Å²) in [6, 6.07) is 0.411. The number of fused-ring (bicyclic) bond motifs is 3. The second-order valence-corrected chi connectivity index (χ2v) is 12.1. The number of halogens is 1. The second-order valence-electron chi connectivity index (χ2n) is 11.7. The van der Waals surface area contributed by atoms with Crippen molar-refractivity contribution in [2.24, 2.45) is 29.4 Å². The largest absolute Gasteiger partial charge is 0.505 e. The number of likely N-dealkylation sites (N-methyl/N-ethyl adjacent to an activating group) is 1. The molecule has 1 aromatic carbocycles. The molecule has 2 amide bonds. The predicted octanol–water partition coefficient (Wildman–Crippen LogP) is -0.578. The molecule has 6 atom stereocenters. The Bertz CT molecular complexity index is 1590. The number of nitrogens with zero attached hydrogens (tertiary/aromatic N) is 4. The van der Waals surface area contributed by atoms with E-state index in [2.05, 4.69) is 10.4 Å². The molecule has 5 rings (SSSR count). The number of hydrogen-bond acceptors (Lipinski definition) is 11. The van der Waals surface area contributed by atoms with Crippen molar-refractivity contribution in [1.29, 1.82) is 0 Å². The van der Waals surface area contributed by atoms with Gasteiger partial charge in [0.2, 0.25) is 11.8 Å². The number of amides is 2. The van der Waals surface area contributed by atoms with E-state index in [1.807, 2.05) is 0 Å². The Morgan fingerprint density at radius 1 is 1.19 bits per heavy atom. The molecule has 0 saturated heterocycles. The number of benzene rings is 1. The Kier molecular flexibility index (Phi) is 7.43. The number of ketones is 4. The summed E-state index contributed by atoms with van der Waals surface area (Å²) < 4.78 is 1.34. The third-order valence-electron chi connectivity index (χ3n) is 8.72. The van der Waals surface area contributed by atoms with Gasteiger partial charge in [0.15, 0.2) is 40.4 Å². The number of phenolic OH excluding ortho intramolecular Hbond substituents is 1. The number of anilines is 2. The number of nitrogens with two attached hydrogens (primary N) is 1. The number of aromatic hydroxyl groups is 1. The zero-order chi connectivity index (χ0) is 31.7. The Balaban J connectivity index is 1.62. The fourth-order valence-electron chi connectivity index (χ4n) is 6.99. The second kappa shape index (κ2) is 10.5. The molecule has 0 radical (unpaired) electrons. The number of primary amides is 1. The van der Waals surface area contributed by atoms with Crippen molar-refractivity contribution in [3.8, 4) is 5.75 Å². The zero-order valence-electron chi connectivity index (χ0n) is 23.8. The van der Waals surface area contributed by atoms with E-state index in [-0.39, 0.29) is 35.7 Å². The monoisotopic (exact) mass is 614 g/mol. The van der Waals surface area contributed by atoms with Crippen molar-refractivity contribution in [3.63, 3.8) is 0 Å². The molecular formula is C28H31ClN6O8. The van der Waals surface area contributed by atoms with Crippen LogP contribution in [-0.2, 0) is 36.9 Å². The van der Waals surface area contributed by atoms with Crippen LogP contribution in [0.5, 0.6) is 5.75 Å². The number of nitrogens with one attached hydrogen (secondary N) is 1. The average molecular weight is 615 g/mol. The third-order valence-corrected chi connectivity index (χ3v) is 9.09. The highest BCUT2D eigenvalue weighted by Crippen LogP contribution is 2.54. The number of carbonyl (C=O) groups excluding carboxylic acids is 6. The van der Waals surface area contributed by atoms with E-state index in [0.717, 1.165) is 0 Å². The van der Waals surface area contributed by atoms with Gasteiger partial charge in [0.25, 0.3) is 0 Å². The van der Waals surface area contributed by atoms with Crippen LogP contribution in [0.1, 0.15) is 22.3 Å². The highest BCUT2D eigenvalue weighted by atomic mass is 35.5. The minimum atomic E-state index is -2.84. The highest BCUT2D eigenvalue weighted by molar-refractivity contribution is 6.38. The van der Waals surface area contributed by atoms with Crippen LogP contribution < -0.4 is 16.0 Å². The minimum absolute atomic E-state index is 0.0220. The number of Topliss-reactive ketones (excluding diaryl/α,β-unsaturated/α-hetero) is 4. The molecule has 5 N–H and O–H groups in total. The van der Waals surface area contributed by atoms with Gasteiger partial charge in [-0.05, 0) is 44.5 Å². The van der Waals surface area contributed by atoms with E-state index < -0.39 is 76.0 Å². The van der Waals surface area contributed by atoms with Gasteiger partial charge in [0.05, 0.1) is 28.2 Å². The first-order valence-corrected chi connectivity index (χ1v) is 13.9. The number of carbonyl (C=O) groups is 6. The van der Waals surface area contributed by atoms with Crippen molar-refractivity contribution < 1.29 is 39.0 Å². The van der Waals surface area contributed by atoms with Crippen LogP contribution in [0, 0.1) is 23.7 Å². The van der Waals surface area contributed by atoms with E-state index in [1.54, 1.807) is 31.3 Å². The summed E-state index contributed by atoms with van der Waals surface area (Å²) in [6.07, 6.45) is 2.96. The SMILES string of the molecule is CN(C)c1c(Cl)c(NC(=O)Cn2cccn2)c(O)c2c1CC1CC3[C@H](N(C)C)C(=O)C(C(N)=O)C(=O)[C@@]3(O)C(=O)C1C2=O. The van der Waals surface area contributed by atoms with Crippen molar-refractivity contribution in [2.45, 2.75) is 31.0 Å². The molecule has 2 saturated carbocycles. The number of hydrogen-bond donors (Lipinski definition) is 4. The summed E-state index contributed by atoms with van der Waals surface area (Å²) >= 11 is 6.71. The molecule has 3 aliphatic carbocycles. The van der Waals surface area contributed by atoms with Gasteiger partial charge in [-0.25, -0.2) is 0 Å². The quantitative estimate of drug-likeness (QED) is 0.239. The first-order valence-electron chi connectivity index (χ1n) is 13.5. The minimum Gasteiger partial charge on any atom is -0.505 e. The number of phenols is 1. The number of rotatable bonds is 6. The Morgan fingerprint density at radius 2 is 1.86 bits per heavy atom. The summed E-state index contributed by atoms with van der Waals surface area (Å²) in [5.74, 6) is -12.5. The molecule has 3 aliphatic rings. The van der Waals surface area contributed by atoms with Gasteiger partial charge in [-0.2, -0.15) is 5.10 Å². The highest BCUT2D eigenvalue weighted by Gasteiger charge is 2.69. The zero-order valence-corrected chi connectivity index (χ0v) is 24.6. The fraction of sp³-hybridized carbons (Fsp3) is 0.464. The first kappa shape index (κ1) is 30.3. The molecule has 14 nitrogen and oxygen atoms in total. The lowest BCUT2D eigenvalue weighted by molar-refractivity contribution is -0.181. The Labute approximate surface area is 250 Å². The molecule has 228 valence electrons. The molecule has 0 aliphatic heterocycles. The third kappa shape index (κ3) is 4.43. The van der Waals surface area contributed by atoms with Gasteiger partial charge in [0, 0.05) is 32.4 Å². The first-order chi connectivity index (χ1) is 20.1. The molecule has 2 aromatic rings. The maximum absolute atomic E-state index is 14.1. The Hall–Kier alpha value is -4.14. The van der Waals surface area contributed by atoms with Gasteiger partial charge in [-0.1, -0.05) is 11.6 Å². The van der Waals surface area contributed by atoms with Gasteiger partial charge in [-0.15, -0.1) is 0 Å². The summed E-state index contributed by atoms with van der Waals surface area (Å²) in [6.45, 7) is -0.225. The molecular weight excluding hydrogens is 584 g/mol. The maximum Gasteiger partial charge on any atom is 0.246 e. The van der Waals surface area contributed by atoms with Crippen molar-refractivity contribution in [2.75, 3.05) is 38.4 Å². The smallest absolute Gasteiger partial charge is 0.246 e. The van der Waals surface area contributed by atoms with E-state index in [9.17, 15) is 39.0 Å². The molecule has 4 unspecified atom stereocenters. The van der Waals surface area contributed by atoms with Crippen LogP contribution in [0.2, 0.25) is 5.02 Å². The molecule has 0 spiro atoms. The van der Waals surface area contributed by atoms with Crippen LogP contribution in [0.3, 0.4) is 0 Å². The molecule has 0 bridgehead atoms. The summed E-state index contributed by atoms with van der Waals surface area (Å²) in [5.41, 5.74) is 2.61. The van der Waals surface area contributed by atoms with Gasteiger partial charge in [-0.3, -0.25) is 38.3 Å². The van der Waals surface area contributed by atoms with Gasteiger partial charge < -0.3 is 26.2 Å². The standard InChI is InChI=1S/C28H31ClN6O8/c1-33(2)20-12-8-11-9-13-21(34(3)4)24(39)17(27(30)42)26(41)28(13,43)25(40)15(11)22(37)16(12)23(38)19(18(20)29)32-14(36)10-35-7-5-6-31-35/h5-7,11,13,15,17,21,38,43H,8-10H2,1-4H3,(H2,30,42)(H,32,36)/t11?,13?,15?,17?,21-,28-/m0/s1. The van der Waals surface area contributed by atoms with E-state index >= 15 is 0 Å². The van der Waals surface area contributed by atoms with Gasteiger partial charge >= 0.3 is 0 Å². The van der Waals surface area contributed by atoms with Crippen molar-refractivity contribution in [1.82, 2.24) is 14.7 Å². The Morgan fingerprint density at radius 3 is 2.42 bits per heavy atom. The maximum atomic E-state index is 14.1. The topological polar surface area (TPSA) is 205 Å².